The summed E-state index contributed by atoms with van der Waals surface area (Å²) in [6, 6.07) is 14.7. The molecular formula is C19H21ClN2O3. The van der Waals surface area contributed by atoms with Crippen LogP contribution >= 0.6 is 11.6 Å². The first-order valence-corrected chi connectivity index (χ1v) is 8.65. The van der Waals surface area contributed by atoms with E-state index in [-0.39, 0.29) is 5.91 Å². The molecule has 0 saturated carbocycles. The predicted molar refractivity (Wildman–Crippen MR) is 99.6 cm³/mol. The zero-order chi connectivity index (χ0) is 17.6. The summed E-state index contributed by atoms with van der Waals surface area (Å²) in [4.78, 5) is 14.5. The molecular weight excluding hydrogens is 340 g/mol. The summed E-state index contributed by atoms with van der Waals surface area (Å²) in [5.74, 6) is 0.406. The quantitative estimate of drug-likeness (QED) is 0.885. The number of ether oxygens (including phenoxy) is 2. The molecule has 0 bridgehead atoms. The summed E-state index contributed by atoms with van der Waals surface area (Å²) in [5.41, 5.74) is 1.88. The Kier molecular flexibility index (Phi) is 5.79. The smallest absolute Gasteiger partial charge is 0.265 e. The summed E-state index contributed by atoms with van der Waals surface area (Å²) < 4.78 is 11.0. The topological polar surface area (TPSA) is 50.8 Å². The van der Waals surface area contributed by atoms with E-state index in [0.717, 1.165) is 37.7 Å². The number of benzene rings is 2. The van der Waals surface area contributed by atoms with Crippen LogP contribution in [0.2, 0.25) is 5.02 Å². The van der Waals surface area contributed by atoms with Crippen molar-refractivity contribution < 1.29 is 14.3 Å². The van der Waals surface area contributed by atoms with E-state index in [4.69, 9.17) is 21.1 Å². The molecule has 0 aromatic heterocycles. The number of nitrogens with one attached hydrogen (secondary N) is 1. The van der Waals surface area contributed by atoms with Gasteiger partial charge in [-0.1, -0.05) is 11.6 Å². The average molecular weight is 361 g/mol. The highest BCUT2D eigenvalue weighted by Crippen LogP contribution is 2.20. The number of carbonyl (C=O) groups excluding carboxylic acids is 1. The van der Waals surface area contributed by atoms with Crippen molar-refractivity contribution in [1.82, 2.24) is 0 Å². The minimum absolute atomic E-state index is 0.200. The number of rotatable bonds is 5. The Morgan fingerprint density at radius 2 is 1.76 bits per heavy atom. The Balaban J connectivity index is 1.55. The molecule has 1 fully saturated rings. The number of hydrogen-bond donors (Lipinski definition) is 1. The summed E-state index contributed by atoms with van der Waals surface area (Å²) in [7, 11) is 0. The van der Waals surface area contributed by atoms with E-state index >= 15 is 0 Å². The molecule has 0 unspecified atom stereocenters. The van der Waals surface area contributed by atoms with Gasteiger partial charge in [-0.15, -0.1) is 0 Å². The van der Waals surface area contributed by atoms with Crippen LogP contribution in [0.15, 0.2) is 48.5 Å². The average Bonchev–Trinajstić information content (AvgIpc) is 2.65. The molecule has 1 aliphatic rings. The molecule has 1 aliphatic heterocycles. The Bertz CT molecular complexity index is 698. The molecule has 1 saturated heterocycles. The summed E-state index contributed by atoms with van der Waals surface area (Å²) in [5, 5.41) is 3.50. The van der Waals surface area contributed by atoms with Gasteiger partial charge in [-0.2, -0.15) is 0 Å². The van der Waals surface area contributed by atoms with Crippen molar-refractivity contribution >= 4 is 28.9 Å². The SMILES string of the molecule is C[C@H](Oc1ccc(Cl)cc1)C(=O)Nc1ccc(N2CCOCC2)cc1. The maximum atomic E-state index is 12.3. The third-order valence-electron chi connectivity index (χ3n) is 4.01. The first-order valence-electron chi connectivity index (χ1n) is 8.28. The fourth-order valence-corrected chi connectivity index (χ4v) is 2.72. The molecule has 2 aromatic rings. The van der Waals surface area contributed by atoms with Crippen molar-refractivity contribution in [2.75, 3.05) is 36.5 Å². The highest BCUT2D eigenvalue weighted by molar-refractivity contribution is 6.30. The highest BCUT2D eigenvalue weighted by atomic mass is 35.5. The lowest BCUT2D eigenvalue weighted by atomic mass is 10.2. The monoisotopic (exact) mass is 360 g/mol. The first-order chi connectivity index (χ1) is 12.1. The van der Waals surface area contributed by atoms with Crippen LogP contribution in [0.3, 0.4) is 0 Å². The molecule has 1 N–H and O–H groups in total. The van der Waals surface area contributed by atoms with Crippen molar-refractivity contribution in [1.29, 1.82) is 0 Å². The number of halogens is 1. The molecule has 0 aliphatic carbocycles. The molecule has 25 heavy (non-hydrogen) atoms. The number of anilines is 2. The van der Waals surface area contributed by atoms with Gasteiger partial charge in [-0.3, -0.25) is 4.79 Å². The molecule has 0 spiro atoms. The van der Waals surface area contributed by atoms with E-state index in [9.17, 15) is 4.79 Å². The van der Waals surface area contributed by atoms with Crippen molar-refractivity contribution in [3.05, 3.63) is 53.6 Å². The van der Waals surface area contributed by atoms with Crippen molar-refractivity contribution in [3.63, 3.8) is 0 Å². The zero-order valence-corrected chi connectivity index (χ0v) is 14.8. The van der Waals surface area contributed by atoms with E-state index in [1.54, 1.807) is 31.2 Å². The third-order valence-corrected chi connectivity index (χ3v) is 4.26. The van der Waals surface area contributed by atoms with E-state index < -0.39 is 6.10 Å². The minimum Gasteiger partial charge on any atom is -0.481 e. The fourth-order valence-electron chi connectivity index (χ4n) is 2.59. The first kappa shape index (κ1) is 17.6. The summed E-state index contributed by atoms with van der Waals surface area (Å²) >= 11 is 5.84. The Labute approximate surface area is 152 Å². The van der Waals surface area contributed by atoms with Gasteiger partial charge in [0.05, 0.1) is 13.2 Å². The molecule has 2 aromatic carbocycles. The molecule has 1 amide bonds. The summed E-state index contributed by atoms with van der Waals surface area (Å²) in [6.07, 6.45) is -0.611. The molecule has 0 radical (unpaired) electrons. The van der Waals surface area contributed by atoms with Gasteiger partial charge in [0, 0.05) is 29.5 Å². The number of hydrogen-bond acceptors (Lipinski definition) is 4. The van der Waals surface area contributed by atoms with E-state index in [2.05, 4.69) is 10.2 Å². The van der Waals surface area contributed by atoms with Gasteiger partial charge in [-0.05, 0) is 55.5 Å². The molecule has 3 rings (SSSR count). The van der Waals surface area contributed by atoms with E-state index in [1.165, 1.54) is 0 Å². The van der Waals surface area contributed by atoms with Crippen LogP contribution < -0.4 is 15.0 Å². The normalized spacial score (nSPS) is 15.5. The maximum absolute atomic E-state index is 12.3. The van der Waals surface area contributed by atoms with Crippen LogP contribution in [0.1, 0.15) is 6.92 Å². The number of amides is 1. The van der Waals surface area contributed by atoms with Crippen LogP contribution in [0.4, 0.5) is 11.4 Å². The van der Waals surface area contributed by atoms with Crippen LogP contribution in [0.25, 0.3) is 0 Å². The van der Waals surface area contributed by atoms with E-state index in [0.29, 0.717) is 10.8 Å². The van der Waals surface area contributed by atoms with Crippen molar-refractivity contribution in [2.45, 2.75) is 13.0 Å². The second-order valence-corrected chi connectivity index (χ2v) is 6.29. The number of nitrogens with zero attached hydrogens (tertiary/aromatic N) is 1. The second kappa shape index (κ2) is 8.23. The Morgan fingerprint density at radius 3 is 2.40 bits per heavy atom. The van der Waals surface area contributed by atoms with Gasteiger partial charge < -0.3 is 19.7 Å². The van der Waals surface area contributed by atoms with Crippen molar-refractivity contribution in [3.8, 4) is 5.75 Å². The third kappa shape index (κ3) is 4.87. The number of morpholine rings is 1. The lowest BCUT2D eigenvalue weighted by molar-refractivity contribution is -0.122. The maximum Gasteiger partial charge on any atom is 0.265 e. The van der Waals surface area contributed by atoms with Gasteiger partial charge in [0.2, 0.25) is 0 Å². The lowest BCUT2D eigenvalue weighted by Crippen LogP contribution is -2.36. The predicted octanol–water partition coefficient (Wildman–Crippen LogP) is 3.58. The standard InChI is InChI=1S/C19H21ClN2O3/c1-14(25-18-8-2-15(20)3-9-18)19(23)21-16-4-6-17(7-5-16)22-10-12-24-13-11-22/h2-9,14H,10-13H2,1H3,(H,21,23)/t14-/m0/s1. The van der Waals surface area contributed by atoms with Gasteiger partial charge in [0.15, 0.2) is 6.10 Å². The molecule has 5 nitrogen and oxygen atoms in total. The molecule has 1 heterocycles. The highest BCUT2D eigenvalue weighted by Gasteiger charge is 2.15. The van der Waals surface area contributed by atoms with Crippen molar-refractivity contribution in [2.24, 2.45) is 0 Å². The van der Waals surface area contributed by atoms with Crippen LogP contribution in [-0.2, 0) is 9.53 Å². The Hall–Kier alpha value is -2.24. The van der Waals surface area contributed by atoms with Gasteiger partial charge in [-0.25, -0.2) is 0 Å². The number of carbonyl (C=O) groups is 1. The molecule has 6 heteroatoms. The zero-order valence-electron chi connectivity index (χ0n) is 14.1. The largest absolute Gasteiger partial charge is 0.481 e. The Morgan fingerprint density at radius 1 is 1.12 bits per heavy atom. The fraction of sp³-hybridized carbons (Fsp3) is 0.316. The molecule has 1 atom stereocenters. The summed E-state index contributed by atoms with van der Waals surface area (Å²) in [6.45, 7) is 4.98. The minimum atomic E-state index is -0.611. The van der Waals surface area contributed by atoms with E-state index in [1.807, 2.05) is 24.3 Å². The van der Waals surface area contributed by atoms with Gasteiger partial charge in [0.25, 0.3) is 5.91 Å². The molecule has 132 valence electrons. The van der Waals surface area contributed by atoms with Gasteiger partial charge >= 0.3 is 0 Å². The van der Waals surface area contributed by atoms with Gasteiger partial charge in [0.1, 0.15) is 5.75 Å². The lowest BCUT2D eigenvalue weighted by Gasteiger charge is -2.29. The van der Waals surface area contributed by atoms with Crippen LogP contribution in [-0.4, -0.2) is 38.3 Å². The van der Waals surface area contributed by atoms with Crippen LogP contribution in [0, 0.1) is 0 Å². The van der Waals surface area contributed by atoms with Crippen LogP contribution in [0.5, 0.6) is 5.75 Å². The second-order valence-electron chi connectivity index (χ2n) is 5.85.